The predicted molar refractivity (Wildman–Crippen MR) is 136 cm³/mol. The number of nitrogens with one attached hydrogen (secondary N) is 1. The molecule has 0 heterocycles. The van der Waals surface area contributed by atoms with Crippen LogP contribution in [0.5, 0.6) is 0 Å². The maximum Gasteiger partial charge on any atom is 0.0361 e. The zero-order valence-electron chi connectivity index (χ0n) is 19.0. The quantitative estimate of drug-likeness (QED) is 0.382. The Bertz CT molecular complexity index is 1410. The first kappa shape index (κ1) is 20.0. The molecule has 0 amide bonds. The van der Waals surface area contributed by atoms with Gasteiger partial charge in [0.1, 0.15) is 0 Å². The van der Waals surface area contributed by atoms with Crippen molar-refractivity contribution < 1.29 is 0 Å². The summed E-state index contributed by atoms with van der Waals surface area (Å²) < 4.78 is 0. The van der Waals surface area contributed by atoms with Crippen LogP contribution in [0.15, 0.2) is 112 Å². The standard InChI is InChI=1S/C32H27N/c1-20-29(23-8-9-23)19-28-15-14-26(16-30(20)28)27-13-11-24-10-12-25(22-6-4-3-5-7-22)17-31(21(2)33)32(24)18-27/h4,6-7,10-11,14-18,23,27,29,33H,1,8-9,13,19H2,2H3. The molecule has 0 saturated heterocycles. The molecular formula is C32H27N. The topological polar surface area (TPSA) is 23.9 Å². The molecule has 1 heteroatoms. The summed E-state index contributed by atoms with van der Waals surface area (Å²) in [7, 11) is 0. The maximum atomic E-state index is 8.51. The van der Waals surface area contributed by atoms with E-state index in [1.165, 1.54) is 41.5 Å². The van der Waals surface area contributed by atoms with Gasteiger partial charge >= 0.3 is 0 Å². The lowest BCUT2D eigenvalue weighted by molar-refractivity contribution is 0.605. The molecule has 0 radical (unpaired) electrons. The Morgan fingerprint density at radius 2 is 2.00 bits per heavy atom. The SMILES string of the molecule is C=C1c2cc(C3C=C4C(=CC3)C=C=C(C3=CC=C=C=C3)C=C4C(C)=N)ccc2CC1C1CC1. The molecule has 6 rings (SSSR count). The molecule has 1 saturated carbocycles. The van der Waals surface area contributed by atoms with Crippen LogP contribution in [0.25, 0.3) is 5.57 Å². The van der Waals surface area contributed by atoms with E-state index in [4.69, 9.17) is 5.41 Å². The highest BCUT2D eigenvalue weighted by Gasteiger charge is 2.38. The van der Waals surface area contributed by atoms with Crippen molar-refractivity contribution in [1.29, 1.82) is 5.41 Å². The monoisotopic (exact) mass is 425 g/mol. The molecule has 1 nitrogen and oxygen atoms in total. The van der Waals surface area contributed by atoms with Crippen molar-refractivity contribution >= 4 is 11.3 Å². The van der Waals surface area contributed by atoms with E-state index < -0.39 is 0 Å². The lowest BCUT2D eigenvalue weighted by Crippen LogP contribution is -2.08. The number of rotatable bonds is 4. The summed E-state index contributed by atoms with van der Waals surface area (Å²) in [5, 5.41) is 8.51. The molecule has 2 unspecified atom stereocenters. The number of fused-ring (bicyclic) bond motifs is 2. The normalized spacial score (nSPS) is 24.9. The van der Waals surface area contributed by atoms with Crippen molar-refractivity contribution in [3.05, 3.63) is 129 Å². The Labute approximate surface area is 196 Å². The largest absolute Gasteiger partial charge is 0.305 e. The van der Waals surface area contributed by atoms with Gasteiger partial charge in [-0.1, -0.05) is 48.4 Å². The average molecular weight is 426 g/mol. The molecule has 1 aromatic rings. The van der Waals surface area contributed by atoms with Crippen molar-refractivity contribution in [2.24, 2.45) is 11.8 Å². The second-order valence-electron chi connectivity index (χ2n) is 9.78. The van der Waals surface area contributed by atoms with Crippen molar-refractivity contribution in [2.45, 2.75) is 38.5 Å². The third-order valence-corrected chi connectivity index (χ3v) is 7.59. The van der Waals surface area contributed by atoms with Crippen LogP contribution in [0, 0.1) is 17.2 Å². The molecule has 160 valence electrons. The summed E-state index contributed by atoms with van der Waals surface area (Å²) in [5.74, 6) is 1.82. The molecule has 1 fully saturated rings. The van der Waals surface area contributed by atoms with Gasteiger partial charge in [-0.2, -0.15) is 0 Å². The van der Waals surface area contributed by atoms with Crippen molar-refractivity contribution in [3.63, 3.8) is 0 Å². The number of hydrogen-bond donors (Lipinski definition) is 1. The lowest BCUT2D eigenvalue weighted by Gasteiger charge is -2.22. The fourth-order valence-electron chi connectivity index (χ4n) is 5.57. The van der Waals surface area contributed by atoms with Gasteiger partial charge in [0, 0.05) is 22.8 Å². The Balaban J connectivity index is 1.36. The highest BCUT2D eigenvalue weighted by atomic mass is 14.4. The summed E-state index contributed by atoms with van der Waals surface area (Å²) in [6, 6.07) is 7.05. The van der Waals surface area contributed by atoms with Crippen LogP contribution in [-0.4, -0.2) is 5.71 Å². The molecule has 5 aliphatic rings. The van der Waals surface area contributed by atoms with Crippen LogP contribution < -0.4 is 0 Å². The van der Waals surface area contributed by atoms with Crippen LogP contribution in [0.4, 0.5) is 0 Å². The molecule has 0 bridgehead atoms. The Hall–Kier alpha value is -3.59. The summed E-state index contributed by atoms with van der Waals surface area (Å²) in [4.78, 5) is 0. The maximum absolute atomic E-state index is 8.51. The molecule has 1 N–H and O–H groups in total. The summed E-state index contributed by atoms with van der Waals surface area (Å²) in [6.45, 7) is 6.36. The van der Waals surface area contributed by atoms with Gasteiger partial charge < -0.3 is 5.41 Å². The van der Waals surface area contributed by atoms with Gasteiger partial charge in [0.25, 0.3) is 0 Å². The molecule has 1 aromatic carbocycles. The zero-order valence-corrected chi connectivity index (χ0v) is 19.0. The van der Waals surface area contributed by atoms with E-state index in [9.17, 15) is 0 Å². The Morgan fingerprint density at radius 3 is 2.76 bits per heavy atom. The van der Waals surface area contributed by atoms with Crippen LogP contribution in [0.1, 0.15) is 48.8 Å². The van der Waals surface area contributed by atoms with Crippen LogP contribution in [0.2, 0.25) is 0 Å². The van der Waals surface area contributed by atoms with E-state index in [0.29, 0.717) is 17.5 Å². The molecule has 0 aromatic heterocycles. The minimum Gasteiger partial charge on any atom is -0.305 e. The molecule has 0 aliphatic heterocycles. The minimum absolute atomic E-state index is 0.305. The first-order chi connectivity index (χ1) is 16.1. The van der Waals surface area contributed by atoms with Gasteiger partial charge in [0.15, 0.2) is 0 Å². The van der Waals surface area contributed by atoms with Gasteiger partial charge in [0.05, 0.1) is 0 Å². The van der Waals surface area contributed by atoms with Gasteiger partial charge in [-0.25, -0.2) is 0 Å². The van der Waals surface area contributed by atoms with E-state index in [2.05, 4.69) is 66.3 Å². The average Bonchev–Trinajstić information content (AvgIpc) is 3.65. The fourth-order valence-corrected chi connectivity index (χ4v) is 5.57. The molecule has 2 atom stereocenters. The molecular weight excluding hydrogens is 398 g/mol. The first-order valence-electron chi connectivity index (χ1n) is 12.0. The predicted octanol–water partition coefficient (Wildman–Crippen LogP) is 7.49. The summed E-state index contributed by atoms with van der Waals surface area (Å²) in [5.41, 5.74) is 20.9. The number of hydrogen-bond acceptors (Lipinski definition) is 1. The van der Waals surface area contributed by atoms with Gasteiger partial charge in [-0.3, -0.25) is 0 Å². The zero-order chi connectivity index (χ0) is 22.5. The van der Waals surface area contributed by atoms with E-state index >= 15 is 0 Å². The highest BCUT2D eigenvalue weighted by Crippen LogP contribution is 2.50. The highest BCUT2D eigenvalue weighted by molar-refractivity contribution is 6.02. The second kappa shape index (κ2) is 7.77. The van der Waals surface area contributed by atoms with Gasteiger partial charge in [0.2, 0.25) is 0 Å². The van der Waals surface area contributed by atoms with Crippen molar-refractivity contribution in [2.75, 3.05) is 0 Å². The van der Waals surface area contributed by atoms with Crippen LogP contribution in [0.3, 0.4) is 0 Å². The van der Waals surface area contributed by atoms with E-state index in [1.54, 1.807) is 0 Å². The Morgan fingerprint density at radius 1 is 1.12 bits per heavy atom. The summed E-state index contributed by atoms with van der Waals surface area (Å²) in [6.07, 6.45) is 19.5. The molecule has 5 aliphatic carbocycles. The number of benzene rings is 1. The van der Waals surface area contributed by atoms with Crippen molar-refractivity contribution in [3.8, 4) is 0 Å². The van der Waals surface area contributed by atoms with E-state index in [-0.39, 0.29) is 0 Å². The van der Waals surface area contributed by atoms with Crippen molar-refractivity contribution in [1.82, 2.24) is 0 Å². The third kappa shape index (κ3) is 3.58. The van der Waals surface area contributed by atoms with Gasteiger partial charge in [-0.15, -0.1) is 5.73 Å². The van der Waals surface area contributed by atoms with Gasteiger partial charge in [-0.05, 0) is 114 Å². The summed E-state index contributed by atoms with van der Waals surface area (Å²) >= 11 is 0. The van der Waals surface area contributed by atoms with Crippen LogP contribution >= 0.6 is 0 Å². The first-order valence-corrected chi connectivity index (χ1v) is 12.0. The Kier molecular flexibility index (Phi) is 4.72. The van der Waals surface area contributed by atoms with Crippen LogP contribution in [-0.2, 0) is 6.42 Å². The van der Waals surface area contributed by atoms with E-state index in [1.807, 2.05) is 25.2 Å². The minimum atomic E-state index is 0.305. The second-order valence-corrected chi connectivity index (χ2v) is 9.78. The fraction of sp³-hybridized carbons (Fsp3) is 0.250. The lowest BCUT2D eigenvalue weighted by atomic mass is 9.81. The third-order valence-electron chi connectivity index (χ3n) is 7.59. The smallest absolute Gasteiger partial charge is 0.0361 e. The molecule has 33 heavy (non-hydrogen) atoms. The molecule has 0 spiro atoms. The van der Waals surface area contributed by atoms with E-state index in [0.717, 1.165) is 40.2 Å². The number of allylic oxidation sites excluding steroid dienone is 12.